The molecular formula is C28H18FIN2O3S. The van der Waals surface area contributed by atoms with E-state index in [2.05, 4.69) is 46.1 Å². The Balaban J connectivity index is 1.39. The average molecular weight is 608 g/mol. The molecule has 0 saturated carbocycles. The van der Waals surface area contributed by atoms with Gasteiger partial charge in [-0.05, 0) is 87.0 Å². The van der Waals surface area contributed by atoms with Crippen LogP contribution in [0, 0.1) is 9.39 Å². The third kappa shape index (κ3) is 4.74. The molecule has 0 bridgehead atoms. The van der Waals surface area contributed by atoms with Crippen LogP contribution in [0.2, 0.25) is 0 Å². The van der Waals surface area contributed by atoms with Crippen molar-refractivity contribution >= 4 is 74.3 Å². The molecule has 36 heavy (non-hydrogen) atoms. The van der Waals surface area contributed by atoms with Crippen LogP contribution in [0.4, 0.5) is 10.1 Å². The number of amides is 2. The topological polar surface area (TPSA) is 58.6 Å². The number of ether oxygens (including phenoxy) is 1. The van der Waals surface area contributed by atoms with Gasteiger partial charge in [0, 0.05) is 0 Å². The van der Waals surface area contributed by atoms with Crippen molar-refractivity contribution < 1.29 is 18.7 Å². The van der Waals surface area contributed by atoms with Gasteiger partial charge in [0.25, 0.3) is 11.8 Å². The van der Waals surface area contributed by atoms with Crippen molar-refractivity contribution in [1.82, 2.24) is 5.32 Å². The van der Waals surface area contributed by atoms with E-state index in [-0.39, 0.29) is 16.4 Å². The number of nitrogens with zero attached hydrogens (tertiary/aromatic N) is 1. The second-order valence-electron chi connectivity index (χ2n) is 8.03. The number of thiocarbonyl (C=S) groups is 1. The number of nitrogens with one attached hydrogen (secondary N) is 1. The third-order valence-corrected chi connectivity index (χ3v) is 6.85. The molecule has 0 spiro atoms. The zero-order chi connectivity index (χ0) is 25.2. The second kappa shape index (κ2) is 10.2. The van der Waals surface area contributed by atoms with Crippen LogP contribution in [0.1, 0.15) is 11.1 Å². The lowest BCUT2D eigenvalue weighted by atomic mass is 10.1. The fourth-order valence-electron chi connectivity index (χ4n) is 3.97. The van der Waals surface area contributed by atoms with E-state index in [9.17, 15) is 14.0 Å². The van der Waals surface area contributed by atoms with Crippen LogP contribution in [-0.4, -0.2) is 16.9 Å². The molecule has 1 N–H and O–H groups in total. The van der Waals surface area contributed by atoms with Crippen molar-refractivity contribution in [3.8, 4) is 5.75 Å². The number of fused-ring (bicyclic) bond motifs is 1. The summed E-state index contributed by atoms with van der Waals surface area (Å²) >= 11 is 7.29. The number of halogens is 2. The molecule has 0 atom stereocenters. The number of carbonyl (C=O) groups excluding carboxylic acids is 2. The predicted molar refractivity (Wildman–Crippen MR) is 150 cm³/mol. The molecule has 178 valence electrons. The Bertz CT molecular complexity index is 1560. The molecule has 0 aliphatic carbocycles. The first-order valence-electron chi connectivity index (χ1n) is 11.0. The summed E-state index contributed by atoms with van der Waals surface area (Å²) in [7, 11) is 0. The molecular weight excluding hydrogens is 590 g/mol. The molecule has 4 aromatic carbocycles. The van der Waals surface area contributed by atoms with Crippen LogP contribution in [0.3, 0.4) is 0 Å². The van der Waals surface area contributed by atoms with Gasteiger partial charge in [-0.15, -0.1) is 0 Å². The Kier molecular flexibility index (Phi) is 6.80. The van der Waals surface area contributed by atoms with Crippen LogP contribution in [0.5, 0.6) is 5.75 Å². The van der Waals surface area contributed by atoms with E-state index in [4.69, 9.17) is 17.0 Å². The maximum absolute atomic E-state index is 14.4. The average Bonchev–Trinajstić information content (AvgIpc) is 2.87. The van der Waals surface area contributed by atoms with E-state index >= 15 is 0 Å². The number of hydrogen-bond acceptors (Lipinski definition) is 4. The summed E-state index contributed by atoms with van der Waals surface area (Å²) in [6.45, 7) is 0.397. The minimum atomic E-state index is -0.694. The van der Waals surface area contributed by atoms with Gasteiger partial charge in [-0.1, -0.05) is 60.7 Å². The Morgan fingerprint density at radius 3 is 2.53 bits per heavy atom. The molecule has 5 rings (SSSR count). The summed E-state index contributed by atoms with van der Waals surface area (Å²) < 4.78 is 21.2. The lowest BCUT2D eigenvalue weighted by Gasteiger charge is -2.29. The minimum absolute atomic E-state index is 0.0230. The maximum Gasteiger partial charge on any atom is 0.270 e. The first-order valence-corrected chi connectivity index (χ1v) is 12.5. The van der Waals surface area contributed by atoms with Gasteiger partial charge < -0.3 is 4.74 Å². The molecule has 4 aromatic rings. The van der Waals surface area contributed by atoms with Gasteiger partial charge in [-0.3, -0.25) is 14.9 Å². The molecule has 0 radical (unpaired) electrons. The highest BCUT2D eigenvalue weighted by Crippen LogP contribution is 2.28. The molecule has 1 heterocycles. The Morgan fingerprint density at radius 1 is 0.972 bits per heavy atom. The number of rotatable bonds is 5. The maximum atomic E-state index is 14.4. The van der Waals surface area contributed by atoms with Crippen LogP contribution in [-0.2, 0) is 16.2 Å². The Labute approximate surface area is 225 Å². The van der Waals surface area contributed by atoms with Crippen molar-refractivity contribution in [3.05, 3.63) is 111 Å². The monoisotopic (exact) mass is 608 g/mol. The van der Waals surface area contributed by atoms with E-state index in [0.717, 1.165) is 24.8 Å². The van der Waals surface area contributed by atoms with Gasteiger partial charge >= 0.3 is 0 Å². The summed E-state index contributed by atoms with van der Waals surface area (Å²) in [5, 5.41) is 4.59. The van der Waals surface area contributed by atoms with Gasteiger partial charge in [0.2, 0.25) is 0 Å². The number of carbonyl (C=O) groups is 2. The standard InChI is InChI=1S/C28H18FIN2O3S/c29-22-10-3-4-11-24(22)32-27(34)21(26(33)31-28(32)36)14-17-12-13-25(23(30)15-17)35-16-19-8-5-7-18-6-1-2-9-20(18)19/h1-15H,16H2,(H,31,33,36)/b21-14+. The summed E-state index contributed by atoms with van der Waals surface area (Å²) in [5.74, 6) is -1.27. The van der Waals surface area contributed by atoms with Crippen molar-refractivity contribution in [2.75, 3.05) is 4.90 Å². The lowest BCUT2D eigenvalue weighted by molar-refractivity contribution is -0.122. The van der Waals surface area contributed by atoms with E-state index in [1.165, 1.54) is 24.3 Å². The lowest BCUT2D eigenvalue weighted by Crippen LogP contribution is -2.54. The fourth-order valence-corrected chi connectivity index (χ4v) is 4.94. The summed E-state index contributed by atoms with van der Waals surface area (Å²) in [4.78, 5) is 26.7. The predicted octanol–water partition coefficient (Wildman–Crippen LogP) is 5.99. The number of para-hydroxylation sites is 1. The molecule has 1 saturated heterocycles. The van der Waals surface area contributed by atoms with Crippen molar-refractivity contribution in [2.24, 2.45) is 0 Å². The molecule has 8 heteroatoms. The molecule has 0 unspecified atom stereocenters. The Hall–Kier alpha value is -3.63. The van der Waals surface area contributed by atoms with E-state index in [0.29, 0.717) is 17.9 Å². The first-order chi connectivity index (χ1) is 17.4. The molecule has 1 aliphatic heterocycles. The second-order valence-corrected chi connectivity index (χ2v) is 9.57. The van der Waals surface area contributed by atoms with E-state index in [1.54, 1.807) is 18.2 Å². The zero-order valence-electron chi connectivity index (χ0n) is 18.7. The molecule has 1 fully saturated rings. The van der Waals surface area contributed by atoms with Gasteiger partial charge in [-0.2, -0.15) is 0 Å². The highest BCUT2D eigenvalue weighted by molar-refractivity contribution is 14.1. The highest BCUT2D eigenvalue weighted by atomic mass is 127. The molecule has 2 amide bonds. The van der Waals surface area contributed by atoms with Gasteiger partial charge in [-0.25, -0.2) is 9.29 Å². The van der Waals surface area contributed by atoms with Crippen molar-refractivity contribution in [2.45, 2.75) is 6.61 Å². The van der Waals surface area contributed by atoms with Gasteiger partial charge in [0.1, 0.15) is 23.7 Å². The van der Waals surface area contributed by atoms with Crippen LogP contribution in [0.25, 0.3) is 16.8 Å². The van der Waals surface area contributed by atoms with E-state index < -0.39 is 17.6 Å². The Morgan fingerprint density at radius 2 is 1.72 bits per heavy atom. The summed E-state index contributed by atoms with van der Waals surface area (Å²) in [5.41, 5.74) is 1.53. The minimum Gasteiger partial charge on any atom is -0.488 e. The number of benzene rings is 4. The summed E-state index contributed by atoms with van der Waals surface area (Å²) in [6.07, 6.45) is 1.46. The van der Waals surface area contributed by atoms with Crippen LogP contribution >= 0.6 is 34.8 Å². The smallest absolute Gasteiger partial charge is 0.270 e. The largest absolute Gasteiger partial charge is 0.488 e. The normalized spacial score (nSPS) is 14.9. The van der Waals surface area contributed by atoms with Crippen LogP contribution in [0.15, 0.2) is 90.5 Å². The van der Waals surface area contributed by atoms with Gasteiger partial charge in [0.15, 0.2) is 5.11 Å². The quantitative estimate of drug-likeness (QED) is 0.131. The first kappa shape index (κ1) is 24.1. The highest BCUT2D eigenvalue weighted by Gasteiger charge is 2.35. The molecule has 5 nitrogen and oxygen atoms in total. The van der Waals surface area contributed by atoms with Crippen LogP contribution < -0.4 is 15.0 Å². The number of hydrogen-bond donors (Lipinski definition) is 1. The van der Waals surface area contributed by atoms with Crippen molar-refractivity contribution in [3.63, 3.8) is 0 Å². The molecule has 0 aromatic heterocycles. The SMILES string of the molecule is O=C1NC(=S)N(c2ccccc2F)C(=O)/C1=C/c1ccc(OCc2cccc3ccccc23)c(I)c1. The zero-order valence-corrected chi connectivity index (χ0v) is 21.7. The van der Waals surface area contributed by atoms with Crippen molar-refractivity contribution in [1.29, 1.82) is 0 Å². The number of anilines is 1. The van der Waals surface area contributed by atoms with E-state index in [1.807, 2.05) is 30.3 Å². The summed E-state index contributed by atoms with van der Waals surface area (Å²) in [6, 6.07) is 25.4. The molecule has 1 aliphatic rings. The van der Waals surface area contributed by atoms with Gasteiger partial charge in [0.05, 0.1) is 9.26 Å². The fraction of sp³-hybridized carbons (Fsp3) is 0.0357. The third-order valence-electron chi connectivity index (χ3n) is 5.73.